The Labute approximate surface area is 135 Å². The Bertz CT molecular complexity index is 748. The first kappa shape index (κ1) is 18.7. The Hall–Kier alpha value is -1.68. The second-order valence-corrected chi connectivity index (χ2v) is 7.57. The molecule has 0 aromatic heterocycles. The molecule has 1 heterocycles. The van der Waals surface area contributed by atoms with Crippen molar-refractivity contribution in [3.8, 4) is 0 Å². The third-order valence-corrected chi connectivity index (χ3v) is 6.00. The van der Waals surface area contributed by atoms with Crippen LogP contribution in [0.1, 0.15) is 25.3 Å². The number of sulfonamides is 1. The molecule has 5 nitrogen and oxygen atoms in total. The van der Waals surface area contributed by atoms with Gasteiger partial charge in [-0.05, 0) is 38.0 Å². The molecule has 0 radical (unpaired) electrons. The highest BCUT2D eigenvalue weighted by molar-refractivity contribution is 7.89. The first-order valence-corrected chi connectivity index (χ1v) is 8.50. The molecule has 0 amide bonds. The average molecular weight is 369 g/mol. The molecule has 0 saturated carbocycles. The molecule has 10 heteroatoms. The highest BCUT2D eigenvalue weighted by Gasteiger charge is 2.40. The number of halogens is 4. The minimum absolute atomic E-state index is 0.238. The van der Waals surface area contributed by atoms with Crippen LogP contribution in [0.3, 0.4) is 0 Å². The molecular formula is C14H15F4NO4S. The molecule has 2 unspecified atom stereocenters. The van der Waals surface area contributed by atoms with E-state index in [1.807, 2.05) is 0 Å². The van der Waals surface area contributed by atoms with Crippen molar-refractivity contribution < 1.29 is 35.9 Å². The van der Waals surface area contributed by atoms with Crippen molar-refractivity contribution >= 4 is 16.0 Å². The third kappa shape index (κ3) is 3.54. The molecule has 2 atom stereocenters. The fraction of sp³-hybridized carbons (Fsp3) is 0.500. The molecule has 0 aliphatic carbocycles. The predicted octanol–water partition coefficient (Wildman–Crippen LogP) is 2.72. The fourth-order valence-corrected chi connectivity index (χ4v) is 4.36. The van der Waals surface area contributed by atoms with Crippen LogP contribution in [0.15, 0.2) is 23.1 Å². The third-order valence-electron chi connectivity index (χ3n) is 4.02. The van der Waals surface area contributed by atoms with Crippen LogP contribution in [-0.4, -0.2) is 36.4 Å². The van der Waals surface area contributed by atoms with Gasteiger partial charge < -0.3 is 5.11 Å². The van der Waals surface area contributed by atoms with Crippen molar-refractivity contribution in [3.63, 3.8) is 0 Å². The van der Waals surface area contributed by atoms with Gasteiger partial charge >= 0.3 is 12.1 Å². The first-order valence-electron chi connectivity index (χ1n) is 7.06. The largest absolute Gasteiger partial charge is 0.481 e. The molecule has 1 fully saturated rings. The van der Waals surface area contributed by atoms with E-state index < -0.39 is 50.4 Å². The average Bonchev–Trinajstić information content (AvgIpc) is 2.46. The molecule has 1 saturated heterocycles. The number of carboxylic acid groups (broad SMARTS) is 1. The summed E-state index contributed by atoms with van der Waals surface area (Å²) in [5, 5.41) is 9.05. The molecule has 0 bridgehead atoms. The van der Waals surface area contributed by atoms with Crippen LogP contribution in [-0.2, 0) is 21.0 Å². The van der Waals surface area contributed by atoms with E-state index in [-0.39, 0.29) is 25.5 Å². The van der Waals surface area contributed by atoms with Crippen molar-refractivity contribution in [3.05, 3.63) is 29.6 Å². The summed E-state index contributed by atoms with van der Waals surface area (Å²) >= 11 is 0. The van der Waals surface area contributed by atoms with E-state index in [0.717, 1.165) is 10.4 Å². The van der Waals surface area contributed by atoms with Crippen LogP contribution < -0.4 is 0 Å². The minimum atomic E-state index is -5.03. The summed E-state index contributed by atoms with van der Waals surface area (Å²) in [6.45, 7) is 1.21. The van der Waals surface area contributed by atoms with Crippen LogP contribution >= 0.6 is 0 Å². The van der Waals surface area contributed by atoms with E-state index in [4.69, 9.17) is 5.11 Å². The van der Waals surface area contributed by atoms with Gasteiger partial charge in [0.25, 0.3) is 0 Å². The van der Waals surface area contributed by atoms with E-state index in [1.165, 1.54) is 0 Å². The zero-order chi connectivity index (χ0) is 18.3. The lowest BCUT2D eigenvalue weighted by Gasteiger charge is -2.35. The SMILES string of the molecule is CC1CCC(C(=O)O)CN1S(=O)(=O)c1ccc(F)c(C(F)(F)F)c1. The maximum Gasteiger partial charge on any atom is 0.419 e. The molecule has 1 N–H and O–H groups in total. The van der Waals surface area contributed by atoms with Crippen LogP contribution in [0, 0.1) is 11.7 Å². The lowest BCUT2D eigenvalue weighted by molar-refractivity contribution is -0.143. The standard InChI is InChI=1S/C14H15F4NO4S/c1-8-2-3-9(13(20)21)7-19(8)24(22,23)10-4-5-12(15)11(6-10)14(16,17)18/h4-6,8-9H,2-3,7H2,1H3,(H,20,21). The Kier molecular flexibility index (Phi) is 4.91. The Morgan fingerprint density at radius 2 is 1.92 bits per heavy atom. The maximum atomic E-state index is 13.3. The molecule has 1 aliphatic rings. The van der Waals surface area contributed by atoms with Crippen molar-refractivity contribution in [2.24, 2.45) is 5.92 Å². The number of carboxylic acids is 1. The summed E-state index contributed by atoms with van der Waals surface area (Å²) in [5.41, 5.74) is -1.68. The van der Waals surface area contributed by atoms with Crippen molar-refractivity contribution in [1.29, 1.82) is 0 Å². The van der Waals surface area contributed by atoms with E-state index in [9.17, 15) is 30.8 Å². The van der Waals surface area contributed by atoms with Gasteiger partial charge in [-0.2, -0.15) is 17.5 Å². The number of carbonyl (C=O) groups is 1. The van der Waals surface area contributed by atoms with Gasteiger partial charge in [0.2, 0.25) is 10.0 Å². The normalized spacial score (nSPS) is 23.2. The summed E-state index contributed by atoms with van der Waals surface area (Å²) in [4.78, 5) is 10.4. The number of benzene rings is 1. The summed E-state index contributed by atoms with van der Waals surface area (Å²) < 4.78 is 77.7. The Morgan fingerprint density at radius 3 is 2.46 bits per heavy atom. The quantitative estimate of drug-likeness (QED) is 0.832. The van der Waals surface area contributed by atoms with Gasteiger partial charge in [0.15, 0.2) is 0 Å². The van der Waals surface area contributed by atoms with Gasteiger partial charge in [0, 0.05) is 12.6 Å². The lowest BCUT2D eigenvalue weighted by Crippen LogP contribution is -2.47. The number of aliphatic carboxylic acids is 1. The monoisotopic (exact) mass is 369 g/mol. The highest BCUT2D eigenvalue weighted by atomic mass is 32.2. The molecule has 1 aliphatic heterocycles. The van der Waals surface area contributed by atoms with Gasteiger partial charge in [-0.1, -0.05) is 0 Å². The zero-order valence-corrected chi connectivity index (χ0v) is 13.4. The summed E-state index contributed by atoms with van der Waals surface area (Å²) in [5.74, 6) is -3.67. The maximum absolute atomic E-state index is 13.3. The predicted molar refractivity (Wildman–Crippen MR) is 75.1 cm³/mol. The summed E-state index contributed by atoms with van der Waals surface area (Å²) in [6, 6.07) is 0.864. The second kappa shape index (κ2) is 6.32. The first-order chi connectivity index (χ1) is 10.9. The number of piperidine rings is 1. The van der Waals surface area contributed by atoms with Gasteiger partial charge in [0.1, 0.15) is 5.82 Å². The van der Waals surface area contributed by atoms with Crippen molar-refractivity contribution in [2.75, 3.05) is 6.54 Å². The van der Waals surface area contributed by atoms with Gasteiger partial charge in [-0.15, -0.1) is 0 Å². The second-order valence-electron chi connectivity index (χ2n) is 5.68. The topological polar surface area (TPSA) is 74.7 Å². The number of rotatable bonds is 3. The van der Waals surface area contributed by atoms with Gasteiger partial charge in [-0.3, -0.25) is 4.79 Å². The lowest BCUT2D eigenvalue weighted by atomic mass is 9.96. The molecular weight excluding hydrogens is 354 g/mol. The molecule has 134 valence electrons. The van der Waals surface area contributed by atoms with Crippen LogP contribution in [0.25, 0.3) is 0 Å². The number of nitrogens with zero attached hydrogens (tertiary/aromatic N) is 1. The van der Waals surface area contributed by atoms with Gasteiger partial charge in [-0.25, -0.2) is 12.8 Å². The van der Waals surface area contributed by atoms with E-state index >= 15 is 0 Å². The number of hydrogen-bond acceptors (Lipinski definition) is 3. The Balaban J connectivity index is 2.44. The van der Waals surface area contributed by atoms with Crippen molar-refractivity contribution in [1.82, 2.24) is 4.31 Å². The molecule has 1 aromatic rings. The van der Waals surface area contributed by atoms with Crippen LogP contribution in [0.2, 0.25) is 0 Å². The van der Waals surface area contributed by atoms with Crippen LogP contribution in [0.4, 0.5) is 17.6 Å². The number of alkyl halides is 3. The Morgan fingerprint density at radius 1 is 1.29 bits per heavy atom. The van der Waals surface area contributed by atoms with E-state index in [0.29, 0.717) is 6.07 Å². The number of hydrogen-bond donors (Lipinski definition) is 1. The van der Waals surface area contributed by atoms with E-state index in [2.05, 4.69) is 0 Å². The molecule has 0 spiro atoms. The molecule has 2 rings (SSSR count). The summed E-state index contributed by atoms with van der Waals surface area (Å²) in [6.07, 6.45) is -4.49. The fourth-order valence-electron chi connectivity index (χ4n) is 2.63. The van der Waals surface area contributed by atoms with Crippen LogP contribution in [0.5, 0.6) is 0 Å². The minimum Gasteiger partial charge on any atom is -0.481 e. The highest BCUT2D eigenvalue weighted by Crippen LogP contribution is 2.34. The molecule has 1 aromatic carbocycles. The van der Waals surface area contributed by atoms with Crippen molar-refractivity contribution in [2.45, 2.75) is 36.9 Å². The molecule has 24 heavy (non-hydrogen) atoms. The zero-order valence-electron chi connectivity index (χ0n) is 12.5. The smallest absolute Gasteiger partial charge is 0.419 e. The summed E-state index contributed by atoms with van der Waals surface area (Å²) in [7, 11) is -4.37. The van der Waals surface area contributed by atoms with Gasteiger partial charge in [0.05, 0.1) is 16.4 Å². The van der Waals surface area contributed by atoms with E-state index in [1.54, 1.807) is 6.92 Å².